The zero-order chi connectivity index (χ0) is 65.8. The molecule has 6 saturated heterocycles. The van der Waals surface area contributed by atoms with Gasteiger partial charge in [-0.2, -0.15) is 0 Å². The predicted octanol–water partition coefficient (Wildman–Crippen LogP) is -15.3. The van der Waals surface area contributed by atoms with Crippen LogP contribution in [0.2, 0.25) is 0 Å². The summed E-state index contributed by atoms with van der Waals surface area (Å²) in [4.78, 5) is 64.0. The minimum atomic E-state index is -3.33. The summed E-state index contributed by atoms with van der Waals surface area (Å²) >= 11 is 0. The Morgan fingerprint density at radius 2 is 0.864 bits per heavy atom. The fourth-order valence-electron chi connectivity index (χ4n) is 11.0. The van der Waals surface area contributed by atoms with Crippen LogP contribution < -0.4 is 16.0 Å². The number of carbonyl (C=O) groups excluding carboxylic acids is 3. The van der Waals surface area contributed by atoms with Crippen LogP contribution in [0, 0.1) is 0 Å². The highest BCUT2D eigenvalue weighted by atomic mass is 16.8. The second kappa shape index (κ2) is 30.7. The molecule has 32 atom stereocenters. The number of carboxylic acid groups (broad SMARTS) is 2. The van der Waals surface area contributed by atoms with E-state index in [0.29, 0.717) is 0 Å². The lowest BCUT2D eigenvalue weighted by molar-refractivity contribution is -0.390. The van der Waals surface area contributed by atoms with Crippen LogP contribution in [0.15, 0.2) is 0 Å². The first kappa shape index (κ1) is 73.2. The molecule has 0 aromatic carbocycles. The van der Waals surface area contributed by atoms with Crippen molar-refractivity contribution in [1.82, 2.24) is 16.0 Å². The zero-order valence-corrected chi connectivity index (χ0v) is 46.9. The average Bonchev–Trinajstić information content (AvgIpc) is 0.821. The molecule has 508 valence electrons. The first-order valence-electron chi connectivity index (χ1n) is 27.4. The topological polar surface area (TPSA) is 648 Å². The van der Waals surface area contributed by atoms with Crippen LogP contribution in [-0.2, 0) is 76.1 Å². The molecule has 0 radical (unpaired) electrons. The molecule has 24 N–H and O–H groups in total. The van der Waals surface area contributed by atoms with Crippen LogP contribution in [0.1, 0.15) is 33.6 Å². The van der Waals surface area contributed by atoms with E-state index < -0.39 is 277 Å². The Kier molecular flexibility index (Phi) is 25.6. The molecule has 40 heteroatoms. The Hall–Kier alpha value is -3.85. The molecule has 40 nitrogen and oxygen atoms in total. The average molecular weight is 1290 g/mol. The molecule has 6 heterocycles. The van der Waals surface area contributed by atoms with Gasteiger partial charge in [0.2, 0.25) is 17.7 Å². The maximum Gasteiger partial charge on any atom is 0.364 e. The molecule has 6 rings (SSSR count). The van der Waals surface area contributed by atoms with Crippen LogP contribution >= 0.6 is 0 Å². The summed E-state index contributed by atoms with van der Waals surface area (Å²) < 4.78 is 63.1. The van der Waals surface area contributed by atoms with E-state index in [4.69, 9.17) is 52.1 Å². The van der Waals surface area contributed by atoms with Gasteiger partial charge in [-0.1, -0.05) is 0 Å². The second-order valence-electron chi connectivity index (χ2n) is 21.9. The fourth-order valence-corrected chi connectivity index (χ4v) is 11.0. The maximum absolute atomic E-state index is 13.2. The lowest BCUT2D eigenvalue weighted by Crippen LogP contribution is -2.72. The van der Waals surface area contributed by atoms with E-state index in [0.717, 1.165) is 20.8 Å². The third kappa shape index (κ3) is 15.8. The summed E-state index contributed by atoms with van der Waals surface area (Å²) in [6.45, 7) is -4.40. The van der Waals surface area contributed by atoms with Crippen LogP contribution in [0.4, 0.5) is 0 Å². The summed E-state index contributed by atoms with van der Waals surface area (Å²) in [6, 6.07) is -5.59. The number of aliphatic carboxylic acids is 2. The summed E-state index contributed by atoms with van der Waals surface area (Å²) in [6.07, 6.45) is -61.6. The monoisotopic (exact) mass is 1290 g/mol. The number of hydrogen-bond donors (Lipinski definition) is 24. The molecule has 0 bridgehead atoms. The SMILES string of the molecule is CC(=O)N[C@H]1[C@H](O[C@@H]2[C@@H](O)[C@@H](O)[C@H](O[C@H]3[C@H](O)[C@@H](O)[C@H](O)O[C@@H]3CO)O[C@@H]2CO)O[C@H](CO[C@]2(C(=O)O)C[C@H](O)[C@@H](NC(C)=O)[C@H]([C@H](O)[C@H](O)CO)O2)[C@H](O)[C@@H]1O[C@@H]1O[C@H](CO)[C@H](O)[C@H](O[C@]2(C(=O)O)C[C@H](O)[C@@H](NC(C)=O)[C@H]([C@H](O)[C@H](O)CO)O2)[C@H]1O. The first-order chi connectivity index (χ1) is 41.2. The van der Waals surface area contributed by atoms with Crippen molar-refractivity contribution in [1.29, 1.82) is 0 Å². The molecular weight excluding hydrogens is 1210 g/mol. The number of carbonyl (C=O) groups is 5. The van der Waals surface area contributed by atoms with Gasteiger partial charge in [-0.15, -0.1) is 0 Å². The van der Waals surface area contributed by atoms with Gasteiger partial charge in [0.25, 0.3) is 11.6 Å². The molecule has 0 aliphatic carbocycles. The van der Waals surface area contributed by atoms with Gasteiger partial charge >= 0.3 is 11.9 Å². The third-order valence-electron chi connectivity index (χ3n) is 15.6. The molecule has 0 aromatic heterocycles. The molecule has 0 unspecified atom stereocenters. The summed E-state index contributed by atoms with van der Waals surface area (Å²) in [5, 5.41) is 234. The van der Waals surface area contributed by atoms with E-state index in [-0.39, 0.29) is 0 Å². The smallest absolute Gasteiger partial charge is 0.364 e. The van der Waals surface area contributed by atoms with E-state index in [1.807, 2.05) is 0 Å². The highest BCUT2D eigenvalue weighted by Gasteiger charge is 2.62. The summed E-state index contributed by atoms with van der Waals surface area (Å²) in [7, 11) is 0. The van der Waals surface area contributed by atoms with Gasteiger partial charge in [0.15, 0.2) is 25.2 Å². The van der Waals surface area contributed by atoms with E-state index >= 15 is 0 Å². The van der Waals surface area contributed by atoms with Crippen molar-refractivity contribution in [2.24, 2.45) is 0 Å². The largest absolute Gasteiger partial charge is 0.477 e. The Labute approximate surface area is 496 Å². The number of hydrogen-bond acceptors (Lipinski definition) is 35. The van der Waals surface area contributed by atoms with E-state index in [1.165, 1.54) is 0 Å². The number of amides is 3. The van der Waals surface area contributed by atoms with Crippen molar-refractivity contribution in [3.05, 3.63) is 0 Å². The van der Waals surface area contributed by atoms with Gasteiger partial charge in [0.05, 0.1) is 63.9 Å². The van der Waals surface area contributed by atoms with Crippen molar-refractivity contribution in [2.45, 2.75) is 229 Å². The Bertz CT molecular complexity index is 2320. The molecule has 6 aliphatic heterocycles. The standard InChI is InChI=1S/C48H79N3O37/c1-12(57)49-23-15(60)4-47(45(74)75,86-38(23)26(64)17(62)6-52)78-11-22-29(67)37(25(51-14(3)59)42(82-22)83-36-21(10-56)81-43(33(71)31(36)69)84-35-20(9-55)79-41(73)32(70)30(35)68)85-44-34(72)40(28(66)19(8-54)80-44)88-48(46(76)77)5-16(61)24(50-13(2)58)39(87-48)27(65)18(63)7-53/h15-44,52-56,60-73H,4-11H2,1-3H3,(H,49,57)(H,50,58)(H,51,59)(H,74,75)(H,76,77)/t15-,16-,17+,18+,19+,20+,21+,22+,23+,24+,25+,26+,27+,28-,29-,30+,31-,32+,33+,34+,35+,36-,37+,38+,39+,40-,41+,42-,43-,44-,47+,48-/m0/s1. The normalized spacial score (nSPS) is 44.6. The quantitative estimate of drug-likeness (QED) is 0.0404. The summed E-state index contributed by atoms with van der Waals surface area (Å²) in [5.41, 5.74) is 0. The minimum absolute atomic E-state index is 0.864. The van der Waals surface area contributed by atoms with Crippen LogP contribution in [0.3, 0.4) is 0 Å². The molecule has 6 aliphatic rings. The number of carboxylic acids is 2. The number of rotatable bonds is 25. The number of nitrogens with one attached hydrogen (secondary N) is 3. The Morgan fingerprint density at radius 1 is 0.466 bits per heavy atom. The number of aliphatic hydroxyl groups excluding tert-OH is 19. The molecule has 0 saturated carbocycles. The maximum atomic E-state index is 13.2. The molecule has 3 amide bonds. The third-order valence-corrected chi connectivity index (χ3v) is 15.6. The van der Waals surface area contributed by atoms with Crippen molar-refractivity contribution >= 4 is 29.7 Å². The fraction of sp³-hybridized carbons (Fsp3) is 0.896. The van der Waals surface area contributed by atoms with E-state index in [9.17, 15) is 131 Å². The molecule has 88 heavy (non-hydrogen) atoms. The van der Waals surface area contributed by atoms with Gasteiger partial charge in [-0.25, -0.2) is 9.59 Å². The van der Waals surface area contributed by atoms with Crippen LogP contribution in [-0.4, -0.2) is 372 Å². The van der Waals surface area contributed by atoms with Crippen molar-refractivity contribution < 1.29 is 183 Å². The lowest BCUT2D eigenvalue weighted by Gasteiger charge is -2.52. The predicted molar refractivity (Wildman–Crippen MR) is 268 cm³/mol. The first-order valence-corrected chi connectivity index (χ1v) is 27.4. The van der Waals surface area contributed by atoms with Crippen LogP contribution in [0.5, 0.6) is 0 Å². The van der Waals surface area contributed by atoms with Gasteiger partial charge < -0.3 is 175 Å². The second-order valence-corrected chi connectivity index (χ2v) is 21.9. The summed E-state index contributed by atoms with van der Waals surface area (Å²) in [5.74, 6) is -13.6. The number of aliphatic hydroxyl groups is 19. The van der Waals surface area contributed by atoms with Gasteiger partial charge in [-0.05, 0) is 0 Å². The van der Waals surface area contributed by atoms with Crippen molar-refractivity contribution in [2.75, 3.05) is 39.6 Å². The van der Waals surface area contributed by atoms with Crippen molar-refractivity contribution in [3.8, 4) is 0 Å². The molecule has 0 spiro atoms. The van der Waals surface area contributed by atoms with E-state index in [1.54, 1.807) is 0 Å². The molecule has 0 aromatic rings. The Morgan fingerprint density at radius 3 is 1.34 bits per heavy atom. The number of ether oxygens (including phenoxy) is 11. The van der Waals surface area contributed by atoms with Crippen molar-refractivity contribution in [3.63, 3.8) is 0 Å². The minimum Gasteiger partial charge on any atom is -0.477 e. The highest BCUT2D eigenvalue weighted by molar-refractivity contribution is 5.77. The lowest BCUT2D eigenvalue weighted by atomic mass is 9.88. The van der Waals surface area contributed by atoms with E-state index in [2.05, 4.69) is 16.0 Å². The molecular formula is C48H79N3O37. The van der Waals surface area contributed by atoms with Gasteiger partial charge in [0.1, 0.15) is 134 Å². The molecule has 6 fully saturated rings. The van der Waals surface area contributed by atoms with Gasteiger partial charge in [0, 0.05) is 33.6 Å². The highest BCUT2D eigenvalue weighted by Crippen LogP contribution is 2.41. The zero-order valence-electron chi connectivity index (χ0n) is 46.9. The van der Waals surface area contributed by atoms with Gasteiger partial charge in [-0.3, -0.25) is 14.4 Å². The van der Waals surface area contributed by atoms with Crippen LogP contribution in [0.25, 0.3) is 0 Å². The Balaban J connectivity index is 1.40.